The molecule has 112 valence electrons. The molecule has 0 aliphatic rings. The van der Waals surface area contributed by atoms with E-state index >= 15 is 0 Å². The van der Waals surface area contributed by atoms with Gasteiger partial charge in [-0.2, -0.15) is 0 Å². The lowest BCUT2D eigenvalue weighted by molar-refractivity contribution is 0.265. The number of rotatable bonds is 7. The van der Waals surface area contributed by atoms with Crippen molar-refractivity contribution in [2.45, 2.75) is 33.2 Å². The van der Waals surface area contributed by atoms with Gasteiger partial charge in [-0.05, 0) is 44.0 Å². The van der Waals surface area contributed by atoms with Crippen LogP contribution in [-0.4, -0.2) is 13.2 Å². The van der Waals surface area contributed by atoms with Crippen LogP contribution < -0.4 is 10.1 Å². The molecule has 2 aromatic carbocycles. The van der Waals surface area contributed by atoms with E-state index in [0.29, 0.717) is 6.61 Å². The van der Waals surface area contributed by atoms with Gasteiger partial charge in [-0.15, -0.1) is 0 Å². The Bertz CT molecular complexity index is 551. The fourth-order valence-corrected chi connectivity index (χ4v) is 2.41. The van der Waals surface area contributed by atoms with E-state index in [1.165, 1.54) is 16.7 Å². The van der Waals surface area contributed by atoms with Gasteiger partial charge in [-0.3, -0.25) is 0 Å². The minimum atomic E-state index is 0.229. The standard InChI is InChI=1S/C19H25NO/c1-4-12-20-18(17-8-6-5-7-9-17)14-21-19-11-10-15(2)13-16(19)3/h5-11,13,18,20H,4,12,14H2,1-3H3. The molecular formula is C19H25NO. The molecule has 21 heavy (non-hydrogen) atoms. The van der Waals surface area contributed by atoms with Crippen LogP contribution in [0.2, 0.25) is 0 Å². The molecule has 2 rings (SSSR count). The first-order valence-electron chi connectivity index (χ1n) is 7.69. The van der Waals surface area contributed by atoms with Crippen molar-refractivity contribution >= 4 is 0 Å². The zero-order valence-corrected chi connectivity index (χ0v) is 13.2. The highest BCUT2D eigenvalue weighted by Gasteiger charge is 2.11. The first-order chi connectivity index (χ1) is 10.2. The van der Waals surface area contributed by atoms with Crippen LogP contribution in [0, 0.1) is 13.8 Å². The highest BCUT2D eigenvalue weighted by atomic mass is 16.5. The summed E-state index contributed by atoms with van der Waals surface area (Å²) in [6.07, 6.45) is 1.12. The molecule has 0 aliphatic carbocycles. The molecule has 1 unspecified atom stereocenters. The first-order valence-corrected chi connectivity index (χ1v) is 7.69. The topological polar surface area (TPSA) is 21.3 Å². The van der Waals surface area contributed by atoms with Crippen LogP contribution in [0.1, 0.15) is 36.1 Å². The normalized spacial score (nSPS) is 12.1. The van der Waals surface area contributed by atoms with Crippen molar-refractivity contribution in [2.75, 3.05) is 13.2 Å². The summed E-state index contributed by atoms with van der Waals surface area (Å²) in [5.41, 5.74) is 3.73. The summed E-state index contributed by atoms with van der Waals surface area (Å²) in [5, 5.41) is 3.56. The number of nitrogens with one attached hydrogen (secondary N) is 1. The van der Waals surface area contributed by atoms with Gasteiger partial charge in [0.25, 0.3) is 0 Å². The van der Waals surface area contributed by atoms with Crippen LogP contribution in [0.15, 0.2) is 48.5 Å². The Morgan fingerprint density at radius 1 is 1.05 bits per heavy atom. The third kappa shape index (κ3) is 4.61. The van der Waals surface area contributed by atoms with E-state index in [2.05, 4.69) is 68.6 Å². The maximum atomic E-state index is 6.04. The van der Waals surface area contributed by atoms with Crippen molar-refractivity contribution in [2.24, 2.45) is 0 Å². The van der Waals surface area contributed by atoms with E-state index in [4.69, 9.17) is 4.74 Å². The largest absolute Gasteiger partial charge is 0.491 e. The van der Waals surface area contributed by atoms with Crippen LogP contribution in [-0.2, 0) is 0 Å². The second kappa shape index (κ2) is 7.84. The van der Waals surface area contributed by atoms with Crippen molar-refractivity contribution in [1.82, 2.24) is 5.32 Å². The van der Waals surface area contributed by atoms with Crippen LogP contribution in [0.5, 0.6) is 5.75 Å². The average Bonchev–Trinajstić information content (AvgIpc) is 2.50. The molecule has 1 N–H and O–H groups in total. The number of hydrogen-bond donors (Lipinski definition) is 1. The number of aryl methyl sites for hydroxylation is 2. The average molecular weight is 283 g/mol. The fraction of sp³-hybridized carbons (Fsp3) is 0.368. The molecule has 0 fully saturated rings. The molecule has 2 nitrogen and oxygen atoms in total. The number of benzene rings is 2. The Kier molecular flexibility index (Phi) is 5.82. The monoisotopic (exact) mass is 283 g/mol. The third-order valence-electron chi connectivity index (χ3n) is 3.58. The van der Waals surface area contributed by atoms with Crippen molar-refractivity contribution in [3.8, 4) is 5.75 Å². The molecule has 0 spiro atoms. The summed E-state index contributed by atoms with van der Waals surface area (Å²) < 4.78 is 6.04. The van der Waals surface area contributed by atoms with Gasteiger partial charge in [0, 0.05) is 0 Å². The van der Waals surface area contributed by atoms with Gasteiger partial charge < -0.3 is 10.1 Å². The lowest BCUT2D eigenvalue weighted by Gasteiger charge is -2.20. The highest BCUT2D eigenvalue weighted by Crippen LogP contribution is 2.21. The van der Waals surface area contributed by atoms with Crippen LogP contribution in [0.4, 0.5) is 0 Å². The highest BCUT2D eigenvalue weighted by molar-refractivity contribution is 5.35. The van der Waals surface area contributed by atoms with E-state index in [9.17, 15) is 0 Å². The summed E-state index contributed by atoms with van der Waals surface area (Å²) in [4.78, 5) is 0. The minimum Gasteiger partial charge on any atom is -0.491 e. The summed E-state index contributed by atoms with van der Waals surface area (Å²) in [7, 11) is 0. The molecule has 2 aromatic rings. The Morgan fingerprint density at radius 2 is 1.81 bits per heavy atom. The van der Waals surface area contributed by atoms with Gasteiger partial charge in [0.15, 0.2) is 0 Å². The van der Waals surface area contributed by atoms with Gasteiger partial charge in [-0.25, -0.2) is 0 Å². The molecule has 0 saturated heterocycles. The van der Waals surface area contributed by atoms with Gasteiger partial charge in [0.1, 0.15) is 12.4 Å². The van der Waals surface area contributed by atoms with Crippen LogP contribution >= 0.6 is 0 Å². The van der Waals surface area contributed by atoms with Crippen molar-refractivity contribution in [3.05, 3.63) is 65.2 Å². The zero-order chi connectivity index (χ0) is 15.1. The molecule has 0 aromatic heterocycles. The van der Waals surface area contributed by atoms with Crippen LogP contribution in [0.25, 0.3) is 0 Å². The number of hydrogen-bond acceptors (Lipinski definition) is 2. The third-order valence-corrected chi connectivity index (χ3v) is 3.58. The van der Waals surface area contributed by atoms with Gasteiger partial charge in [0.2, 0.25) is 0 Å². The Hall–Kier alpha value is -1.80. The Morgan fingerprint density at radius 3 is 2.48 bits per heavy atom. The van der Waals surface area contributed by atoms with Gasteiger partial charge >= 0.3 is 0 Å². The number of ether oxygens (including phenoxy) is 1. The van der Waals surface area contributed by atoms with E-state index in [1.807, 2.05) is 6.07 Å². The van der Waals surface area contributed by atoms with Gasteiger partial charge in [-0.1, -0.05) is 55.0 Å². The maximum Gasteiger partial charge on any atom is 0.122 e. The molecule has 0 radical (unpaired) electrons. The lowest BCUT2D eigenvalue weighted by atomic mass is 10.1. The zero-order valence-electron chi connectivity index (χ0n) is 13.2. The van der Waals surface area contributed by atoms with E-state index in [-0.39, 0.29) is 6.04 Å². The molecule has 1 atom stereocenters. The van der Waals surface area contributed by atoms with E-state index < -0.39 is 0 Å². The molecule has 0 aliphatic heterocycles. The lowest BCUT2D eigenvalue weighted by Crippen LogP contribution is -2.27. The molecule has 0 heterocycles. The first kappa shape index (κ1) is 15.6. The van der Waals surface area contributed by atoms with Crippen molar-refractivity contribution in [1.29, 1.82) is 0 Å². The summed E-state index contributed by atoms with van der Waals surface area (Å²) in [6.45, 7) is 8.02. The van der Waals surface area contributed by atoms with E-state index in [1.54, 1.807) is 0 Å². The van der Waals surface area contributed by atoms with Crippen molar-refractivity contribution < 1.29 is 4.74 Å². The quantitative estimate of drug-likeness (QED) is 0.812. The van der Waals surface area contributed by atoms with Gasteiger partial charge in [0.05, 0.1) is 6.04 Å². The van der Waals surface area contributed by atoms with Crippen molar-refractivity contribution in [3.63, 3.8) is 0 Å². The summed E-state index contributed by atoms with van der Waals surface area (Å²) in [5.74, 6) is 0.972. The Balaban J connectivity index is 2.05. The Labute approximate surface area is 128 Å². The SMILES string of the molecule is CCCNC(COc1ccc(C)cc1C)c1ccccc1. The molecule has 2 heteroatoms. The second-order valence-electron chi connectivity index (χ2n) is 5.50. The van der Waals surface area contributed by atoms with Crippen LogP contribution in [0.3, 0.4) is 0 Å². The summed E-state index contributed by atoms with van der Waals surface area (Å²) in [6, 6.07) is 17.0. The smallest absolute Gasteiger partial charge is 0.122 e. The second-order valence-corrected chi connectivity index (χ2v) is 5.50. The molecule has 0 saturated carbocycles. The fourth-order valence-electron chi connectivity index (χ4n) is 2.41. The predicted octanol–water partition coefficient (Wildman–Crippen LogP) is 4.42. The summed E-state index contributed by atoms with van der Waals surface area (Å²) >= 11 is 0. The predicted molar refractivity (Wildman–Crippen MR) is 88.9 cm³/mol. The minimum absolute atomic E-state index is 0.229. The molecular weight excluding hydrogens is 258 g/mol. The maximum absolute atomic E-state index is 6.04. The van der Waals surface area contributed by atoms with E-state index in [0.717, 1.165) is 18.7 Å². The molecule has 0 amide bonds. The molecule has 0 bridgehead atoms.